The summed E-state index contributed by atoms with van der Waals surface area (Å²) in [6, 6.07) is 2.70. The van der Waals surface area contributed by atoms with Crippen LogP contribution in [0.5, 0.6) is 0 Å². The maximum atomic E-state index is 10.4. The summed E-state index contributed by atoms with van der Waals surface area (Å²) in [5.41, 5.74) is 6.17. The summed E-state index contributed by atoms with van der Waals surface area (Å²) in [6.45, 7) is 0. The van der Waals surface area contributed by atoms with Gasteiger partial charge in [0.15, 0.2) is 0 Å². The van der Waals surface area contributed by atoms with Gasteiger partial charge in [-0.1, -0.05) is 17.7 Å². The van der Waals surface area contributed by atoms with E-state index in [1.165, 1.54) is 0 Å². The molecule has 1 atom stereocenters. The first-order valence-electron chi connectivity index (χ1n) is 3.80. The molecule has 4 nitrogen and oxygen atoms in total. The second-order valence-corrected chi connectivity index (χ2v) is 3.89. The summed E-state index contributed by atoms with van der Waals surface area (Å²) in [5, 5.41) is 8.77. The summed E-state index contributed by atoms with van der Waals surface area (Å²) in [7, 11) is 0. The number of aromatic nitrogens is 1. The Morgan fingerprint density at radius 3 is 2.86 bits per heavy atom. The highest BCUT2D eigenvalue weighted by Crippen LogP contribution is 2.23. The number of hydrogen-bond acceptors (Lipinski definition) is 3. The van der Waals surface area contributed by atoms with Crippen LogP contribution in [0.2, 0.25) is 5.15 Å². The number of rotatable bonds is 3. The Hall–Kier alpha value is -0.650. The highest BCUT2D eigenvalue weighted by molar-refractivity contribution is 9.10. The van der Waals surface area contributed by atoms with Crippen molar-refractivity contribution in [2.24, 2.45) is 5.73 Å². The molecule has 0 fully saturated rings. The largest absolute Gasteiger partial charge is 0.481 e. The Bertz CT molecular complexity index is 359. The van der Waals surface area contributed by atoms with Gasteiger partial charge in [-0.05, 0) is 22.0 Å². The van der Waals surface area contributed by atoms with Crippen LogP contribution in [0.4, 0.5) is 0 Å². The number of nitrogens with zero attached hydrogens (tertiary/aromatic N) is 1. The molecule has 76 valence electrons. The number of carboxylic acids is 1. The fourth-order valence-corrected chi connectivity index (χ4v) is 1.70. The quantitative estimate of drug-likeness (QED) is 0.829. The van der Waals surface area contributed by atoms with Gasteiger partial charge in [0.2, 0.25) is 0 Å². The monoisotopic (exact) mass is 278 g/mol. The van der Waals surface area contributed by atoms with E-state index < -0.39 is 12.0 Å². The Morgan fingerprint density at radius 1 is 1.71 bits per heavy atom. The van der Waals surface area contributed by atoms with E-state index in [-0.39, 0.29) is 11.6 Å². The highest BCUT2D eigenvalue weighted by Gasteiger charge is 2.14. The molecular weight excluding hydrogens is 271 g/mol. The molecule has 0 amide bonds. The number of carbonyl (C=O) groups is 1. The molecule has 1 rings (SSSR count). The number of aliphatic carboxylic acids is 1. The summed E-state index contributed by atoms with van der Waals surface area (Å²) < 4.78 is 0.591. The maximum absolute atomic E-state index is 10.4. The number of pyridine rings is 1. The zero-order chi connectivity index (χ0) is 10.7. The van der Waals surface area contributed by atoms with Crippen molar-refractivity contribution >= 4 is 33.5 Å². The van der Waals surface area contributed by atoms with E-state index in [0.29, 0.717) is 10.2 Å². The van der Waals surface area contributed by atoms with Crippen LogP contribution >= 0.6 is 27.5 Å². The van der Waals surface area contributed by atoms with Gasteiger partial charge in [0, 0.05) is 11.6 Å². The number of hydrogen-bond donors (Lipinski definition) is 2. The summed E-state index contributed by atoms with van der Waals surface area (Å²) in [6.07, 6.45) is -0.164. The van der Waals surface area contributed by atoms with Gasteiger partial charge in [0.25, 0.3) is 0 Å². The lowest BCUT2D eigenvalue weighted by atomic mass is 10.1. The van der Waals surface area contributed by atoms with Gasteiger partial charge in [-0.3, -0.25) is 4.79 Å². The molecule has 0 aromatic carbocycles. The van der Waals surface area contributed by atoms with Crippen molar-refractivity contribution in [1.82, 2.24) is 4.98 Å². The molecule has 0 saturated carbocycles. The molecule has 0 radical (unpaired) electrons. The molecule has 1 aromatic heterocycles. The van der Waals surface area contributed by atoms with Crippen LogP contribution in [0, 0.1) is 0 Å². The molecule has 6 heteroatoms. The number of halogens is 2. The fourth-order valence-electron chi connectivity index (χ4n) is 0.998. The van der Waals surface area contributed by atoms with Crippen molar-refractivity contribution in [1.29, 1.82) is 0 Å². The third kappa shape index (κ3) is 2.94. The SMILES string of the molecule is N[C@H](CC(=O)O)c1ccc(Br)nc1Cl. The van der Waals surface area contributed by atoms with Crippen molar-refractivity contribution < 1.29 is 9.90 Å². The number of carboxylic acid groups (broad SMARTS) is 1. The smallest absolute Gasteiger partial charge is 0.305 e. The third-order valence-corrected chi connectivity index (χ3v) is 2.38. The van der Waals surface area contributed by atoms with E-state index in [0.717, 1.165) is 0 Å². The molecule has 3 N–H and O–H groups in total. The minimum atomic E-state index is -0.962. The predicted molar refractivity (Wildman–Crippen MR) is 56.1 cm³/mol. The molecular formula is C8H8BrClN2O2. The molecule has 0 aliphatic carbocycles. The molecule has 0 saturated heterocycles. The van der Waals surface area contributed by atoms with Crippen LogP contribution < -0.4 is 5.73 Å². The lowest BCUT2D eigenvalue weighted by molar-refractivity contribution is -0.137. The van der Waals surface area contributed by atoms with Crippen LogP contribution in [0.15, 0.2) is 16.7 Å². The van der Waals surface area contributed by atoms with E-state index in [9.17, 15) is 4.79 Å². The standard InChI is InChI=1S/C8H8BrClN2O2/c9-6-2-1-4(8(10)12-6)5(11)3-7(13)14/h1-2,5H,3,11H2,(H,13,14)/t5-/m1/s1. The van der Waals surface area contributed by atoms with Crippen LogP contribution in [-0.4, -0.2) is 16.1 Å². The van der Waals surface area contributed by atoms with Crippen LogP contribution in [0.1, 0.15) is 18.0 Å². The lowest BCUT2D eigenvalue weighted by Gasteiger charge is -2.10. The maximum Gasteiger partial charge on any atom is 0.305 e. The molecule has 0 spiro atoms. The Balaban J connectivity index is 2.90. The molecule has 14 heavy (non-hydrogen) atoms. The van der Waals surface area contributed by atoms with Gasteiger partial charge in [-0.2, -0.15) is 0 Å². The first-order chi connectivity index (χ1) is 6.50. The Labute approximate surface area is 94.2 Å². The van der Waals surface area contributed by atoms with Gasteiger partial charge < -0.3 is 10.8 Å². The summed E-state index contributed by atoms with van der Waals surface area (Å²) >= 11 is 8.94. The second kappa shape index (κ2) is 4.72. The lowest BCUT2D eigenvalue weighted by Crippen LogP contribution is -2.15. The summed E-state index contributed by atoms with van der Waals surface area (Å²) in [4.78, 5) is 14.3. The van der Waals surface area contributed by atoms with E-state index in [1.807, 2.05) is 0 Å². The van der Waals surface area contributed by atoms with Gasteiger partial charge in [0.05, 0.1) is 6.42 Å². The Morgan fingerprint density at radius 2 is 2.36 bits per heavy atom. The van der Waals surface area contributed by atoms with E-state index in [2.05, 4.69) is 20.9 Å². The average molecular weight is 280 g/mol. The molecule has 0 unspecified atom stereocenters. The van der Waals surface area contributed by atoms with E-state index in [4.69, 9.17) is 22.4 Å². The summed E-state index contributed by atoms with van der Waals surface area (Å²) in [5.74, 6) is -0.962. The van der Waals surface area contributed by atoms with Crippen molar-refractivity contribution in [3.8, 4) is 0 Å². The minimum Gasteiger partial charge on any atom is -0.481 e. The first kappa shape index (κ1) is 11.4. The van der Waals surface area contributed by atoms with Crippen LogP contribution in [0.3, 0.4) is 0 Å². The zero-order valence-corrected chi connectivity index (χ0v) is 9.42. The van der Waals surface area contributed by atoms with Crippen LogP contribution in [-0.2, 0) is 4.79 Å². The van der Waals surface area contributed by atoms with Crippen LogP contribution in [0.25, 0.3) is 0 Å². The van der Waals surface area contributed by atoms with Gasteiger partial charge in [-0.15, -0.1) is 0 Å². The molecule has 0 aliphatic rings. The van der Waals surface area contributed by atoms with Crippen molar-refractivity contribution in [2.75, 3.05) is 0 Å². The van der Waals surface area contributed by atoms with Crippen molar-refractivity contribution in [3.05, 3.63) is 27.5 Å². The Kier molecular flexibility index (Phi) is 3.86. The van der Waals surface area contributed by atoms with E-state index in [1.54, 1.807) is 12.1 Å². The first-order valence-corrected chi connectivity index (χ1v) is 4.97. The van der Waals surface area contributed by atoms with E-state index >= 15 is 0 Å². The average Bonchev–Trinajstić information content (AvgIpc) is 2.01. The van der Waals surface area contributed by atoms with Gasteiger partial charge in [0.1, 0.15) is 9.76 Å². The topological polar surface area (TPSA) is 76.2 Å². The molecule has 1 heterocycles. The third-order valence-electron chi connectivity index (χ3n) is 1.64. The highest BCUT2D eigenvalue weighted by atomic mass is 79.9. The van der Waals surface area contributed by atoms with Gasteiger partial charge >= 0.3 is 5.97 Å². The molecule has 0 aliphatic heterocycles. The normalized spacial score (nSPS) is 12.5. The second-order valence-electron chi connectivity index (χ2n) is 2.72. The van der Waals surface area contributed by atoms with Gasteiger partial charge in [-0.25, -0.2) is 4.98 Å². The number of nitrogens with two attached hydrogens (primary N) is 1. The molecule has 1 aromatic rings. The fraction of sp³-hybridized carbons (Fsp3) is 0.250. The van der Waals surface area contributed by atoms with Crippen molar-refractivity contribution in [2.45, 2.75) is 12.5 Å². The van der Waals surface area contributed by atoms with Crippen molar-refractivity contribution in [3.63, 3.8) is 0 Å². The predicted octanol–water partition coefficient (Wildman–Crippen LogP) is 1.97. The minimum absolute atomic E-state index is 0.164. The zero-order valence-electron chi connectivity index (χ0n) is 7.08. The molecule has 0 bridgehead atoms.